The number of nitrogens with zero attached hydrogens (tertiary/aromatic N) is 3. The lowest BCUT2D eigenvalue weighted by atomic mass is 10.1. The number of fused-ring (bicyclic) bond motifs is 1. The van der Waals surface area contributed by atoms with Crippen LogP contribution in [-0.2, 0) is 0 Å². The maximum Gasteiger partial charge on any atom is 0.341 e. The number of benzene rings is 1. The average Bonchev–Trinajstić information content (AvgIpc) is 3.11. The summed E-state index contributed by atoms with van der Waals surface area (Å²) in [7, 11) is 0. The first-order valence-corrected chi connectivity index (χ1v) is 8.95. The minimum atomic E-state index is -1.73. The number of carboxylic acid groups (broad SMARTS) is 1. The topological polar surface area (TPSA) is 122 Å². The zero-order chi connectivity index (χ0) is 22.6. The maximum absolute atomic E-state index is 15.6. The third-order valence-electron chi connectivity index (χ3n) is 5.03. The Bertz CT molecular complexity index is 1310. The molecular weight excluding hydrogens is 424 g/mol. The third kappa shape index (κ3) is 3.24. The summed E-state index contributed by atoms with van der Waals surface area (Å²) in [5, 5.41) is 18.3. The number of aromatic carboxylic acids is 1. The number of nitrogen functional groups attached to an aromatic ring is 1. The quantitative estimate of drug-likeness (QED) is 0.533. The predicted octanol–water partition coefficient (Wildman–Crippen LogP) is 1.79. The Morgan fingerprint density at radius 2 is 1.87 bits per heavy atom. The maximum atomic E-state index is 15.6. The van der Waals surface area contributed by atoms with E-state index in [0.717, 1.165) is 0 Å². The fourth-order valence-electron chi connectivity index (χ4n) is 3.60. The first-order chi connectivity index (χ1) is 14.6. The number of halogens is 4. The first-order valence-electron chi connectivity index (χ1n) is 8.95. The van der Waals surface area contributed by atoms with Crippen LogP contribution in [0.15, 0.2) is 23.1 Å². The summed E-state index contributed by atoms with van der Waals surface area (Å²) in [5.41, 5.74) is 1.98. The molecule has 1 fully saturated rings. The van der Waals surface area contributed by atoms with Crippen molar-refractivity contribution in [2.45, 2.75) is 12.5 Å². The van der Waals surface area contributed by atoms with E-state index in [2.05, 4.69) is 4.98 Å². The van der Waals surface area contributed by atoms with Gasteiger partial charge in [-0.3, -0.25) is 9.36 Å². The van der Waals surface area contributed by atoms with Gasteiger partial charge in [-0.25, -0.2) is 27.3 Å². The van der Waals surface area contributed by atoms with E-state index in [0.29, 0.717) is 22.9 Å². The van der Waals surface area contributed by atoms with Crippen molar-refractivity contribution in [1.82, 2.24) is 9.55 Å². The van der Waals surface area contributed by atoms with Crippen molar-refractivity contribution in [2.75, 3.05) is 23.7 Å². The second-order valence-electron chi connectivity index (χ2n) is 7.01. The molecule has 1 aliphatic rings. The molecule has 0 spiro atoms. The van der Waals surface area contributed by atoms with Crippen LogP contribution in [0.1, 0.15) is 16.8 Å². The fourth-order valence-corrected chi connectivity index (χ4v) is 3.60. The van der Waals surface area contributed by atoms with E-state index in [1.165, 1.54) is 4.90 Å². The molecule has 1 saturated heterocycles. The Kier molecular flexibility index (Phi) is 4.81. The van der Waals surface area contributed by atoms with E-state index in [9.17, 15) is 33.0 Å². The van der Waals surface area contributed by atoms with Crippen molar-refractivity contribution < 1.29 is 32.6 Å². The number of hydrogen-bond donors (Lipinski definition) is 3. The van der Waals surface area contributed by atoms with Crippen LogP contribution < -0.4 is 16.1 Å². The van der Waals surface area contributed by atoms with E-state index >= 15 is 4.39 Å². The number of rotatable bonds is 3. The number of aliphatic hydroxyl groups is 1. The fraction of sp³-hybridized carbons (Fsp3) is 0.211. The highest BCUT2D eigenvalue weighted by molar-refractivity contribution is 5.94. The summed E-state index contributed by atoms with van der Waals surface area (Å²) >= 11 is 0. The smallest absolute Gasteiger partial charge is 0.341 e. The standard InChI is InChI=1S/C19H14F4N4O4/c20-10-3-8-14(13(23)15(10)26-2-1-7(28)5-26)27(6-9(16(8)29)19(30)31)18-12(22)4-11(21)17(24)25-18/h3-4,6-7,28H,1-2,5H2,(H2,24,25)(H,30,31). The Morgan fingerprint density at radius 3 is 2.48 bits per heavy atom. The third-order valence-corrected chi connectivity index (χ3v) is 5.03. The number of anilines is 2. The van der Waals surface area contributed by atoms with Gasteiger partial charge in [-0.2, -0.15) is 0 Å². The number of carboxylic acids is 1. The number of aromatic nitrogens is 2. The Morgan fingerprint density at radius 1 is 1.16 bits per heavy atom. The Balaban J connectivity index is 2.14. The predicted molar refractivity (Wildman–Crippen MR) is 101 cm³/mol. The summed E-state index contributed by atoms with van der Waals surface area (Å²) in [4.78, 5) is 28.8. The average molecular weight is 438 g/mol. The monoisotopic (exact) mass is 438 g/mol. The molecule has 0 bridgehead atoms. The van der Waals surface area contributed by atoms with E-state index in [1.807, 2.05) is 0 Å². The lowest BCUT2D eigenvalue weighted by molar-refractivity contribution is 0.0695. The van der Waals surface area contributed by atoms with E-state index in [4.69, 9.17) is 5.73 Å². The van der Waals surface area contributed by atoms with Crippen molar-refractivity contribution in [3.05, 3.63) is 57.4 Å². The highest BCUT2D eigenvalue weighted by Crippen LogP contribution is 2.33. The minimum Gasteiger partial charge on any atom is -0.477 e. The van der Waals surface area contributed by atoms with E-state index in [1.54, 1.807) is 0 Å². The van der Waals surface area contributed by atoms with Crippen molar-refractivity contribution in [1.29, 1.82) is 0 Å². The molecule has 4 N–H and O–H groups in total. The molecule has 1 aromatic carbocycles. The van der Waals surface area contributed by atoms with Crippen molar-refractivity contribution in [3.63, 3.8) is 0 Å². The molecule has 3 heterocycles. The number of pyridine rings is 2. The molecule has 4 rings (SSSR count). The van der Waals surface area contributed by atoms with E-state index in [-0.39, 0.29) is 19.5 Å². The van der Waals surface area contributed by atoms with Gasteiger partial charge in [0, 0.05) is 25.4 Å². The molecular formula is C19H14F4N4O4. The Labute approximate surface area is 170 Å². The largest absolute Gasteiger partial charge is 0.477 e. The molecule has 3 aromatic rings. The molecule has 8 nitrogen and oxygen atoms in total. The molecule has 12 heteroatoms. The molecule has 0 saturated carbocycles. The van der Waals surface area contributed by atoms with Gasteiger partial charge in [0.25, 0.3) is 0 Å². The summed E-state index contributed by atoms with van der Waals surface area (Å²) in [6, 6.07) is 0.996. The van der Waals surface area contributed by atoms with Crippen LogP contribution in [0.4, 0.5) is 29.1 Å². The van der Waals surface area contributed by atoms with Crippen molar-refractivity contribution in [2.24, 2.45) is 0 Å². The van der Waals surface area contributed by atoms with Crippen LogP contribution in [0.25, 0.3) is 16.7 Å². The lowest BCUT2D eigenvalue weighted by Gasteiger charge is -2.22. The number of carbonyl (C=O) groups is 1. The number of β-amino-alcohol motifs (C(OH)–C–C–N with tert-alkyl or cyclic N) is 1. The summed E-state index contributed by atoms with van der Waals surface area (Å²) in [5.74, 6) is -8.28. The molecule has 1 aliphatic heterocycles. The molecule has 1 unspecified atom stereocenters. The van der Waals surface area contributed by atoms with Crippen LogP contribution in [0.2, 0.25) is 0 Å². The van der Waals surface area contributed by atoms with E-state index < -0.39 is 74.6 Å². The van der Waals surface area contributed by atoms with Gasteiger partial charge >= 0.3 is 5.97 Å². The van der Waals surface area contributed by atoms with Crippen LogP contribution in [0, 0.1) is 23.3 Å². The van der Waals surface area contributed by atoms with Gasteiger partial charge in [-0.05, 0) is 12.5 Å². The summed E-state index contributed by atoms with van der Waals surface area (Å²) < 4.78 is 59.0. The van der Waals surface area contributed by atoms with Crippen molar-refractivity contribution >= 4 is 28.4 Å². The van der Waals surface area contributed by atoms with Gasteiger partial charge in [0.05, 0.1) is 17.0 Å². The lowest BCUT2D eigenvalue weighted by Crippen LogP contribution is -2.25. The van der Waals surface area contributed by atoms with Gasteiger partial charge in [-0.1, -0.05) is 0 Å². The molecule has 2 aromatic heterocycles. The van der Waals surface area contributed by atoms with Gasteiger partial charge < -0.3 is 20.8 Å². The molecule has 0 aliphatic carbocycles. The second kappa shape index (κ2) is 7.23. The van der Waals surface area contributed by atoms with Crippen molar-refractivity contribution in [3.8, 4) is 5.82 Å². The van der Waals surface area contributed by atoms with Gasteiger partial charge in [-0.15, -0.1) is 0 Å². The highest BCUT2D eigenvalue weighted by Gasteiger charge is 2.30. The highest BCUT2D eigenvalue weighted by atomic mass is 19.1. The molecule has 0 radical (unpaired) electrons. The molecule has 162 valence electrons. The normalized spacial score (nSPS) is 16.3. The van der Waals surface area contributed by atoms with Crippen LogP contribution in [-0.4, -0.2) is 44.9 Å². The minimum absolute atomic E-state index is 0.0904. The molecule has 0 amide bonds. The van der Waals surface area contributed by atoms with Crippen LogP contribution >= 0.6 is 0 Å². The number of aliphatic hydroxyl groups excluding tert-OH is 1. The zero-order valence-corrected chi connectivity index (χ0v) is 15.6. The first kappa shape index (κ1) is 20.6. The molecule has 1 atom stereocenters. The number of nitrogens with two attached hydrogens (primary N) is 1. The SMILES string of the molecule is Nc1nc(-n2cc(C(=O)O)c(=O)c3cc(F)c(N4CCC(O)C4)c(F)c32)c(F)cc1F. The number of hydrogen-bond acceptors (Lipinski definition) is 6. The summed E-state index contributed by atoms with van der Waals surface area (Å²) in [6.07, 6.45) is 0.0215. The Hall–Kier alpha value is -3.67. The molecule has 31 heavy (non-hydrogen) atoms. The van der Waals surface area contributed by atoms with Crippen LogP contribution in [0.3, 0.4) is 0 Å². The van der Waals surface area contributed by atoms with Gasteiger partial charge in [0.1, 0.15) is 17.1 Å². The summed E-state index contributed by atoms with van der Waals surface area (Å²) in [6.45, 7) is 0.0148. The second-order valence-corrected chi connectivity index (χ2v) is 7.01. The van der Waals surface area contributed by atoms with Gasteiger partial charge in [0.2, 0.25) is 5.43 Å². The van der Waals surface area contributed by atoms with Gasteiger partial charge in [0.15, 0.2) is 29.1 Å². The zero-order valence-electron chi connectivity index (χ0n) is 15.6. The van der Waals surface area contributed by atoms with Crippen LogP contribution in [0.5, 0.6) is 0 Å².